The molecule has 0 aliphatic carbocycles. The molecule has 0 radical (unpaired) electrons. The summed E-state index contributed by atoms with van der Waals surface area (Å²) in [6, 6.07) is 13.1. The Morgan fingerprint density at radius 2 is 1.73 bits per heavy atom. The lowest BCUT2D eigenvalue weighted by atomic mass is 9.88. The van der Waals surface area contributed by atoms with Crippen molar-refractivity contribution < 1.29 is 14.4 Å². The summed E-state index contributed by atoms with van der Waals surface area (Å²) in [5, 5.41) is 2.91. The molecule has 0 bridgehead atoms. The molecular weight excluding hydrogens is 378 g/mol. The Labute approximate surface area is 176 Å². The number of carbonyl (C=O) groups excluding carboxylic acids is 3. The van der Waals surface area contributed by atoms with Gasteiger partial charge in [0.05, 0.1) is 13.1 Å². The van der Waals surface area contributed by atoms with E-state index in [2.05, 4.69) is 5.32 Å². The number of likely N-dealkylation sites (tertiary alicyclic amines) is 1. The maximum Gasteiger partial charge on any atom is 0.325 e. The van der Waals surface area contributed by atoms with Gasteiger partial charge in [-0.05, 0) is 56.9 Å². The first-order valence-corrected chi connectivity index (χ1v) is 10.4. The van der Waals surface area contributed by atoms with Crippen LogP contribution in [0.15, 0.2) is 42.5 Å². The number of nitrogens with zero attached hydrogens (tertiary/aromatic N) is 2. The number of rotatable bonds is 3. The topological polar surface area (TPSA) is 69.7 Å². The second-order valence-electron chi connectivity index (χ2n) is 8.53. The van der Waals surface area contributed by atoms with E-state index < -0.39 is 5.54 Å². The molecule has 1 atom stereocenters. The summed E-state index contributed by atoms with van der Waals surface area (Å²) in [5.74, 6) is -0.348. The van der Waals surface area contributed by atoms with E-state index in [1.54, 1.807) is 17.0 Å². The van der Waals surface area contributed by atoms with Crippen molar-refractivity contribution in [2.24, 2.45) is 0 Å². The number of hydrogen-bond acceptors (Lipinski definition) is 3. The van der Waals surface area contributed by atoms with E-state index in [-0.39, 0.29) is 30.9 Å². The quantitative estimate of drug-likeness (QED) is 0.797. The molecule has 2 aliphatic rings. The fourth-order valence-corrected chi connectivity index (χ4v) is 4.35. The van der Waals surface area contributed by atoms with E-state index in [0.29, 0.717) is 24.9 Å². The molecule has 2 aromatic carbocycles. The van der Waals surface area contributed by atoms with E-state index in [9.17, 15) is 14.4 Å². The number of aryl methyl sites for hydroxylation is 3. The van der Waals surface area contributed by atoms with Gasteiger partial charge >= 0.3 is 6.03 Å². The first-order valence-electron chi connectivity index (χ1n) is 10.4. The van der Waals surface area contributed by atoms with Crippen LogP contribution in [0.5, 0.6) is 0 Å². The zero-order valence-electron chi connectivity index (χ0n) is 17.7. The number of nitrogens with one attached hydrogen (secondary N) is 1. The lowest BCUT2D eigenvalue weighted by molar-refractivity contribution is -0.133. The summed E-state index contributed by atoms with van der Waals surface area (Å²) >= 11 is 0. The summed E-state index contributed by atoms with van der Waals surface area (Å²) in [4.78, 5) is 42.0. The van der Waals surface area contributed by atoms with Crippen molar-refractivity contribution in [3.63, 3.8) is 0 Å². The van der Waals surface area contributed by atoms with Gasteiger partial charge in [-0.3, -0.25) is 14.5 Å². The SMILES string of the molecule is Cc1ccc(C(=O)N2CCCC3(C2)NC(=O)N(Cc2cc(C)ccc2C)C3=O)cc1. The fraction of sp³-hybridized carbons (Fsp3) is 0.375. The van der Waals surface area contributed by atoms with Crippen molar-refractivity contribution >= 4 is 17.8 Å². The number of urea groups is 1. The average molecular weight is 405 g/mol. The van der Waals surface area contributed by atoms with Crippen LogP contribution in [0.4, 0.5) is 4.79 Å². The summed E-state index contributed by atoms with van der Waals surface area (Å²) < 4.78 is 0. The first-order chi connectivity index (χ1) is 14.3. The molecule has 0 saturated carbocycles. The molecule has 1 unspecified atom stereocenters. The van der Waals surface area contributed by atoms with Gasteiger partial charge in [0, 0.05) is 12.1 Å². The van der Waals surface area contributed by atoms with E-state index in [0.717, 1.165) is 22.3 Å². The van der Waals surface area contributed by atoms with E-state index >= 15 is 0 Å². The van der Waals surface area contributed by atoms with Gasteiger partial charge in [-0.15, -0.1) is 0 Å². The van der Waals surface area contributed by atoms with Crippen molar-refractivity contribution in [3.05, 3.63) is 70.3 Å². The molecular formula is C24H27N3O3. The van der Waals surface area contributed by atoms with Crippen LogP contribution in [0.2, 0.25) is 0 Å². The Morgan fingerprint density at radius 1 is 1.03 bits per heavy atom. The van der Waals surface area contributed by atoms with Gasteiger partial charge in [-0.1, -0.05) is 41.5 Å². The van der Waals surface area contributed by atoms with Gasteiger partial charge in [-0.2, -0.15) is 0 Å². The van der Waals surface area contributed by atoms with Gasteiger partial charge in [-0.25, -0.2) is 4.79 Å². The van der Waals surface area contributed by atoms with Gasteiger partial charge in [0.2, 0.25) is 0 Å². The second kappa shape index (κ2) is 7.59. The molecule has 156 valence electrons. The van der Waals surface area contributed by atoms with E-state index in [1.807, 2.05) is 51.1 Å². The largest absolute Gasteiger partial charge is 0.336 e. The number of carbonyl (C=O) groups is 3. The Bertz CT molecular complexity index is 1010. The van der Waals surface area contributed by atoms with Crippen molar-refractivity contribution in [2.75, 3.05) is 13.1 Å². The predicted octanol–water partition coefficient (Wildman–Crippen LogP) is 3.34. The van der Waals surface area contributed by atoms with Crippen molar-refractivity contribution in [1.82, 2.24) is 15.1 Å². The Morgan fingerprint density at radius 3 is 2.47 bits per heavy atom. The second-order valence-corrected chi connectivity index (χ2v) is 8.53. The standard InChI is InChI=1S/C24H27N3O3/c1-16-6-9-19(10-7-16)21(28)26-12-4-11-24(15-26)22(29)27(23(30)25-24)14-20-13-17(2)5-8-18(20)3/h5-10,13H,4,11-12,14-15H2,1-3H3,(H,25,30). The highest BCUT2D eigenvalue weighted by Gasteiger charge is 2.53. The normalized spacial score (nSPS) is 21.3. The molecule has 6 nitrogen and oxygen atoms in total. The molecule has 2 aromatic rings. The molecule has 1 spiro atoms. The number of imide groups is 1. The van der Waals surface area contributed by atoms with Crippen LogP contribution in [-0.2, 0) is 11.3 Å². The fourth-order valence-electron chi connectivity index (χ4n) is 4.35. The summed E-state index contributed by atoms with van der Waals surface area (Å²) in [5.41, 5.74) is 3.74. The molecule has 0 aromatic heterocycles. The summed E-state index contributed by atoms with van der Waals surface area (Å²) in [7, 11) is 0. The van der Waals surface area contributed by atoms with Gasteiger partial charge < -0.3 is 10.2 Å². The molecule has 2 saturated heterocycles. The van der Waals surface area contributed by atoms with Crippen LogP contribution in [0.3, 0.4) is 0 Å². The summed E-state index contributed by atoms with van der Waals surface area (Å²) in [6.07, 6.45) is 1.21. The highest BCUT2D eigenvalue weighted by molar-refractivity contribution is 6.07. The van der Waals surface area contributed by atoms with Crippen molar-refractivity contribution in [3.8, 4) is 0 Å². The molecule has 1 N–H and O–H groups in total. The monoisotopic (exact) mass is 405 g/mol. The highest BCUT2D eigenvalue weighted by atomic mass is 16.2. The first kappa shape index (κ1) is 20.1. The van der Waals surface area contributed by atoms with E-state index in [4.69, 9.17) is 0 Å². The van der Waals surface area contributed by atoms with Gasteiger partial charge in [0.15, 0.2) is 0 Å². The predicted molar refractivity (Wildman–Crippen MR) is 114 cm³/mol. The maximum absolute atomic E-state index is 13.3. The smallest absolute Gasteiger partial charge is 0.325 e. The van der Waals surface area contributed by atoms with Crippen LogP contribution in [-0.4, -0.2) is 46.3 Å². The van der Waals surface area contributed by atoms with Gasteiger partial charge in [0.25, 0.3) is 11.8 Å². The maximum atomic E-state index is 13.3. The van der Waals surface area contributed by atoms with Crippen LogP contribution in [0.1, 0.15) is 45.5 Å². The minimum atomic E-state index is -1.03. The highest BCUT2D eigenvalue weighted by Crippen LogP contribution is 2.30. The van der Waals surface area contributed by atoms with Crippen LogP contribution < -0.4 is 5.32 Å². The Hall–Kier alpha value is -3.15. The Balaban J connectivity index is 1.54. The minimum Gasteiger partial charge on any atom is -0.336 e. The molecule has 30 heavy (non-hydrogen) atoms. The van der Waals surface area contributed by atoms with Crippen molar-refractivity contribution in [2.45, 2.75) is 45.7 Å². The summed E-state index contributed by atoms with van der Waals surface area (Å²) in [6.45, 7) is 6.97. The minimum absolute atomic E-state index is 0.107. The van der Waals surface area contributed by atoms with Crippen LogP contribution in [0.25, 0.3) is 0 Å². The molecule has 6 heteroatoms. The van der Waals surface area contributed by atoms with Crippen LogP contribution >= 0.6 is 0 Å². The average Bonchev–Trinajstić information content (AvgIpc) is 2.94. The third-order valence-electron chi connectivity index (χ3n) is 6.16. The van der Waals surface area contributed by atoms with E-state index in [1.165, 1.54) is 4.90 Å². The lowest BCUT2D eigenvalue weighted by Crippen LogP contribution is -2.59. The number of piperidine rings is 1. The van der Waals surface area contributed by atoms with Crippen molar-refractivity contribution in [1.29, 1.82) is 0 Å². The number of amides is 4. The molecule has 2 fully saturated rings. The van der Waals surface area contributed by atoms with Gasteiger partial charge in [0.1, 0.15) is 5.54 Å². The Kier molecular flexibility index (Phi) is 5.10. The van der Waals surface area contributed by atoms with Crippen LogP contribution in [0, 0.1) is 20.8 Å². The lowest BCUT2D eigenvalue weighted by Gasteiger charge is -2.38. The third kappa shape index (κ3) is 3.58. The zero-order valence-corrected chi connectivity index (χ0v) is 17.7. The third-order valence-corrected chi connectivity index (χ3v) is 6.16. The number of benzene rings is 2. The molecule has 4 amide bonds. The zero-order chi connectivity index (χ0) is 21.5. The molecule has 4 rings (SSSR count). The number of hydrogen-bond donors (Lipinski definition) is 1. The molecule has 2 heterocycles. The molecule has 2 aliphatic heterocycles.